The molecule has 0 radical (unpaired) electrons. The number of benzene rings is 1. The van der Waals surface area contributed by atoms with E-state index in [2.05, 4.69) is 39.8 Å². The van der Waals surface area contributed by atoms with E-state index in [1.165, 1.54) is 36.9 Å². The van der Waals surface area contributed by atoms with Crippen LogP contribution in [0.2, 0.25) is 0 Å². The van der Waals surface area contributed by atoms with E-state index < -0.39 is 0 Å². The second kappa shape index (κ2) is 8.66. The van der Waals surface area contributed by atoms with E-state index in [1.807, 2.05) is 14.1 Å². The van der Waals surface area contributed by atoms with E-state index in [0.29, 0.717) is 12.6 Å². The van der Waals surface area contributed by atoms with Gasteiger partial charge in [0.1, 0.15) is 0 Å². The van der Waals surface area contributed by atoms with Crippen molar-refractivity contribution in [3.05, 3.63) is 29.8 Å². The van der Waals surface area contributed by atoms with Gasteiger partial charge in [-0.3, -0.25) is 0 Å². The Morgan fingerprint density at radius 1 is 1.09 bits per heavy atom. The maximum absolute atomic E-state index is 11.9. The van der Waals surface area contributed by atoms with Gasteiger partial charge in [-0.05, 0) is 37.0 Å². The third-order valence-electron chi connectivity index (χ3n) is 4.34. The fourth-order valence-electron chi connectivity index (χ4n) is 2.94. The molecule has 0 spiro atoms. The van der Waals surface area contributed by atoms with Crippen LogP contribution >= 0.6 is 0 Å². The summed E-state index contributed by atoms with van der Waals surface area (Å²) in [6.07, 6.45) is 8.21. The van der Waals surface area contributed by atoms with Gasteiger partial charge in [0.2, 0.25) is 0 Å². The Balaban J connectivity index is 1.67. The molecule has 1 aromatic carbocycles. The predicted octanol–water partition coefficient (Wildman–Crippen LogP) is 3.32. The summed E-state index contributed by atoms with van der Waals surface area (Å²) in [4.78, 5) is 14.0. The molecule has 0 unspecified atom stereocenters. The van der Waals surface area contributed by atoms with Crippen molar-refractivity contribution in [2.24, 2.45) is 0 Å². The molecule has 122 valence electrons. The normalized spacial score (nSPS) is 15.9. The summed E-state index contributed by atoms with van der Waals surface area (Å²) in [5, 5.41) is 6.09. The Labute approximate surface area is 134 Å². The van der Waals surface area contributed by atoms with Crippen molar-refractivity contribution >= 4 is 11.7 Å². The van der Waals surface area contributed by atoms with E-state index in [0.717, 1.165) is 19.3 Å². The van der Waals surface area contributed by atoms with Gasteiger partial charge in [0.05, 0.1) is 0 Å². The Hall–Kier alpha value is -1.71. The SMILES string of the molecule is CN(C)c1ccc(CCNC(=O)NC2CCCCCC2)cc1. The lowest BCUT2D eigenvalue weighted by atomic mass is 10.1. The molecule has 2 amide bonds. The third-order valence-corrected chi connectivity index (χ3v) is 4.34. The molecule has 0 saturated heterocycles. The number of hydrogen-bond acceptors (Lipinski definition) is 2. The van der Waals surface area contributed by atoms with E-state index in [9.17, 15) is 4.79 Å². The van der Waals surface area contributed by atoms with Crippen molar-refractivity contribution in [2.75, 3.05) is 25.5 Å². The second-order valence-electron chi connectivity index (χ2n) is 6.40. The second-order valence-corrected chi connectivity index (χ2v) is 6.40. The van der Waals surface area contributed by atoms with Crippen LogP contribution in [0.1, 0.15) is 44.1 Å². The van der Waals surface area contributed by atoms with Gasteiger partial charge < -0.3 is 15.5 Å². The summed E-state index contributed by atoms with van der Waals surface area (Å²) >= 11 is 0. The first-order chi connectivity index (χ1) is 10.6. The summed E-state index contributed by atoms with van der Waals surface area (Å²) in [5.41, 5.74) is 2.45. The van der Waals surface area contributed by atoms with Gasteiger partial charge in [-0.2, -0.15) is 0 Å². The Morgan fingerprint density at radius 3 is 2.32 bits per heavy atom. The number of nitrogens with zero attached hydrogens (tertiary/aromatic N) is 1. The van der Waals surface area contributed by atoms with E-state index in [-0.39, 0.29) is 6.03 Å². The first-order valence-corrected chi connectivity index (χ1v) is 8.46. The number of anilines is 1. The molecule has 0 bridgehead atoms. The standard InChI is InChI=1S/C18H29N3O/c1-21(2)17-11-9-15(10-12-17)13-14-19-18(22)20-16-7-5-3-4-6-8-16/h9-12,16H,3-8,13-14H2,1-2H3,(H2,19,20,22). The first-order valence-electron chi connectivity index (χ1n) is 8.46. The molecule has 1 saturated carbocycles. The molecule has 22 heavy (non-hydrogen) atoms. The lowest BCUT2D eigenvalue weighted by Crippen LogP contribution is -2.42. The molecule has 4 heteroatoms. The van der Waals surface area contributed by atoms with Crippen LogP contribution in [-0.4, -0.2) is 32.7 Å². The lowest BCUT2D eigenvalue weighted by Gasteiger charge is -2.17. The van der Waals surface area contributed by atoms with Crippen molar-refractivity contribution in [3.63, 3.8) is 0 Å². The average Bonchev–Trinajstić information content (AvgIpc) is 2.76. The zero-order chi connectivity index (χ0) is 15.8. The molecule has 1 aromatic rings. The van der Waals surface area contributed by atoms with Crippen LogP contribution in [-0.2, 0) is 6.42 Å². The molecule has 4 nitrogen and oxygen atoms in total. The van der Waals surface area contributed by atoms with Crippen molar-refractivity contribution < 1.29 is 4.79 Å². The number of carbonyl (C=O) groups is 1. The maximum atomic E-state index is 11.9. The van der Waals surface area contributed by atoms with Gasteiger partial charge in [0.15, 0.2) is 0 Å². The van der Waals surface area contributed by atoms with Gasteiger partial charge in [-0.1, -0.05) is 37.8 Å². The highest BCUT2D eigenvalue weighted by Crippen LogP contribution is 2.17. The summed E-state index contributed by atoms with van der Waals surface area (Å²) < 4.78 is 0. The molecular weight excluding hydrogens is 274 g/mol. The minimum Gasteiger partial charge on any atom is -0.378 e. The van der Waals surface area contributed by atoms with Crippen LogP contribution in [0.3, 0.4) is 0 Å². The molecule has 1 aliphatic carbocycles. The molecule has 1 aliphatic rings. The molecule has 0 heterocycles. The predicted molar refractivity (Wildman–Crippen MR) is 92.5 cm³/mol. The number of urea groups is 1. The van der Waals surface area contributed by atoms with Crippen LogP contribution in [0.4, 0.5) is 10.5 Å². The number of rotatable bonds is 5. The lowest BCUT2D eigenvalue weighted by molar-refractivity contribution is 0.235. The number of hydrogen-bond donors (Lipinski definition) is 2. The van der Waals surface area contributed by atoms with Gasteiger partial charge in [-0.15, -0.1) is 0 Å². The molecule has 0 atom stereocenters. The molecular formula is C18H29N3O. The smallest absolute Gasteiger partial charge is 0.315 e. The van der Waals surface area contributed by atoms with E-state index in [4.69, 9.17) is 0 Å². The Kier molecular flexibility index (Phi) is 6.56. The fraction of sp³-hybridized carbons (Fsp3) is 0.611. The number of amides is 2. The van der Waals surface area contributed by atoms with Crippen molar-refractivity contribution in [1.29, 1.82) is 0 Å². The van der Waals surface area contributed by atoms with E-state index >= 15 is 0 Å². The molecule has 2 rings (SSSR count). The zero-order valence-electron chi connectivity index (χ0n) is 13.9. The van der Waals surface area contributed by atoms with Crippen LogP contribution in [0.25, 0.3) is 0 Å². The van der Waals surface area contributed by atoms with Gasteiger partial charge >= 0.3 is 6.03 Å². The topological polar surface area (TPSA) is 44.4 Å². The van der Waals surface area contributed by atoms with E-state index in [1.54, 1.807) is 0 Å². The minimum atomic E-state index is -0.0168. The van der Waals surface area contributed by atoms with Crippen molar-refractivity contribution in [2.45, 2.75) is 51.0 Å². The highest BCUT2D eigenvalue weighted by Gasteiger charge is 2.14. The quantitative estimate of drug-likeness (QED) is 0.820. The first kappa shape index (κ1) is 16.7. The number of carbonyl (C=O) groups excluding carboxylic acids is 1. The monoisotopic (exact) mass is 303 g/mol. The molecule has 1 fully saturated rings. The highest BCUT2D eigenvalue weighted by atomic mass is 16.2. The van der Waals surface area contributed by atoms with Crippen LogP contribution < -0.4 is 15.5 Å². The Morgan fingerprint density at radius 2 is 1.73 bits per heavy atom. The largest absolute Gasteiger partial charge is 0.378 e. The van der Waals surface area contributed by atoms with Crippen molar-refractivity contribution in [1.82, 2.24) is 10.6 Å². The summed E-state index contributed by atoms with van der Waals surface area (Å²) in [5.74, 6) is 0. The molecule has 0 aliphatic heterocycles. The van der Waals surface area contributed by atoms with Crippen LogP contribution in [0.15, 0.2) is 24.3 Å². The Bertz CT molecular complexity index is 448. The van der Waals surface area contributed by atoms with Gasteiger partial charge in [0, 0.05) is 32.4 Å². The minimum absolute atomic E-state index is 0.0168. The summed E-state index contributed by atoms with van der Waals surface area (Å²) in [6.45, 7) is 0.680. The summed E-state index contributed by atoms with van der Waals surface area (Å²) in [6, 6.07) is 8.82. The fourth-order valence-corrected chi connectivity index (χ4v) is 2.94. The molecule has 2 N–H and O–H groups in total. The highest BCUT2D eigenvalue weighted by molar-refractivity contribution is 5.74. The number of nitrogens with one attached hydrogen (secondary N) is 2. The summed E-state index contributed by atoms with van der Waals surface area (Å²) in [7, 11) is 4.07. The zero-order valence-corrected chi connectivity index (χ0v) is 13.9. The van der Waals surface area contributed by atoms with Crippen LogP contribution in [0.5, 0.6) is 0 Å². The van der Waals surface area contributed by atoms with Gasteiger partial charge in [-0.25, -0.2) is 4.79 Å². The van der Waals surface area contributed by atoms with Crippen LogP contribution in [0, 0.1) is 0 Å². The third kappa shape index (κ3) is 5.58. The average molecular weight is 303 g/mol. The van der Waals surface area contributed by atoms with Gasteiger partial charge in [0.25, 0.3) is 0 Å². The maximum Gasteiger partial charge on any atom is 0.315 e. The van der Waals surface area contributed by atoms with Crippen molar-refractivity contribution in [3.8, 4) is 0 Å². The molecule has 0 aromatic heterocycles.